The molecule has 2 aromatic rings. The Hall–Kier alpha value is -2.57. The SMILES string of the molecule is CCSC(N)c1cnccc1SC1=C(C(=O)O)N2C(=O)[C@@H](NC(=O)/C(=N\OCCF)c3nc(N)sc3Cl)[C@@H]2SC1. The number of nitrogens with two attached hydrogens (primary N) is 2. The molecule has 4 rings (SSSR count). The molecule has 2 aromatic heterocycles. The molecule has 1 unspecified atom stereocenters. The van der Waals surface area contributed by atoms with E-state index in [0.717, 1.165) is 32.4 Å². The van der Waals surface area contributed by atoms with E-state index in [-0.39, 0.29) is 32.0 Å². The largest absolute Gasteiger partial charge is 0.477 e. The summed E-state index contributed by atoms with van der Waals surface area (Å²) in [6, 6.07) is 0.688. The number of fused-ring (bicyclic) bond motifs is 1. The first-order chi connectivity index (χ1) is 19.2. The van der Waals surface area contributed by atoms with Gasteiger partial charge in [-0.1, -0.05) is 46.8 Å². The van der Waals surface area contributed by atoms with E-state index in [1.165, 1.54) is 35.3 Å². The van der Waals surface area contributed by atoms with Gasteiger partial charge in [0.2, 0.25) is 0 Å². The van der Waals surface area contributed by atoms with Gasteiger partial charge in [0.1, 0.15) is 40.4 Å². The number of β-lactam (4-membered cyclic amide) rings is 1. The van der Waals surface area contributed by atoms with Crippen LogP contribution in [-0.4, -0.2) is 79.7 Å². The molecule has 6 N–H and O–H groups in total. The first-order valence-corrected chi connectivity index (χ1v) is 15.7. The molecule has 0 spiro atoms. The van der Waals surface area contributed by atoms with Gasteiger partial charge >= 0.3 is 5.97 Å². The lowest BCUT2D eigenvalue weighted by molar-refractivity contribution is -0.150. The molecular formula is C22H23ClFN7O5S4. The first-order valence-electron chi connectivity index (χ1n) is 11.6. The van der Waals surface area contributed by atoms with Crippen molar-refractivity contribution in [1.82, 2.24) is 20.2 Å². The summed E-state index contributed by atoms with van der Waals surface area (Å²) in [6.07, 6.45) is 3.24. The fourth-order valence-electron chi connectivity index (χ4n) is 3.78. The minimum atomic E-state index is -1.28. The number of rotatable bonds is 12. The Balaban J connectivity index is 1.56. The summed E-state index contributed by atoms with van der Waals surface area (Å²) in [5.41, 5.74) is 12.1. The lowest BCUT2D eigenvalue weighted by Gasteiger charge is -2.49. The Bertz CT molecular complexity index is 1380. The number of carboxylic acids is 1. The predicted octanol–water partition coefficient (Wildman–Crippen LogP) is 2.66. The van der Waals surface area contributed by atoms with Gasteiger partial charge in [0.25, 0.3) is 11.8 Å². The van der Waals surface area contributed by atoms with E-state index in [1.54, 1.807) is 18.5 Å². The summed E-state index contributed by atoms with van der Waals surface area (Å²) >= 11 is 11.1. The average Bonchev–Trinajstić information content (AvgIpc) is 3.26. The molecule has 40 heavy (non-hydrogen) atoms. The van der Waals surface area contributed by atoms with Crippen molar-refractivity contribution in [3.63, 3.8) is 0 Å². The van der Waals surface area contributed by atoms with Crippen LogP contribution in [0.2, 0.25) is 4.34 Å². The smallest absolute Gasteiger partial charge is 0.353 e. The van der Waals surface area contributed by atoms with Gasteiger partial charge in [0.15, 0.2) is 10.8 Å². The van der Waals surface area contributed by atoms with E-state index >= 15 is 0 Å². The molecular weight excluding hydrogens is 625 g/mol. The van der Waals surface area contributed by atoms with Gasteiger partial charge in [-0.25, -0.2) is 14.2 Å². The van der Waals surface area contributed by atoms with Crippen LogP contribution in [0.25, 0.3) is 0 Å². The third-order valence-corrected chi connectivity index (χ3v) is 10.2. The van der Waals surface area contributed by atoms with Gasteiger partial charge < -0.3 is 26.7 Å². The molecule has 0 aromatic carbocycles. The highest BCUT2D eigenvalue weighted by Crippen LogP contribution is 2.46. The van der Waals surface area contributed by atoms with Crippen LogP contribution in [0.4, 0.5) is 9.52 Å². The highest BCUT2D eigenvalue weighted by molar-refractivity contribution is 8.06. The molecule has 12 nitrogen and oxygen atoms in total. The lowest BCUT2D eigenvalue weighted by Crippen LogP contribution is -2.71. The zero-order valence-electron chi connectivity index (χ0n) is 20.7. The quantitative estimate of drug-likeness (QED) is 0.0869. The molecule has 18 heteroatoms. The van der Waals surface area contributed by atoms with Crippen LogP contribution < -0.4 is 16.8 Å². The number of thioether (sulfide) groups is 3. The maximum Gasteiger partial charge on any atom is 0.353 e. The number of oxime groups is 1. The number of carbonyl (C=O) groups is 3. The van der Waals surface area contributed by atoms with Crippen LogP contribution >= 0.6 is 58.2 Å². The van der Waals surface area contributed by atoms with Gasteiger partial charge in [-0.2, -0.15) is 0 Å². The molecule has 0 radical (unpaired) electrons. The van der Waals surface area contributed by atoms with Crippen LogP contribution in [-0.2, 0) is 19.2 Å². The van der Waals surface area contributed by atoms with E-state index in [2.05, 4.69) is 20.4 Å². The Morgan fingerprint density at radius 2 is 2.25 bits per heavy atom. The number of hydrogen-bond donors (Lipinski definition) is 4. The summed E-state index contributed by atoms with van der Waals surface area (Å²) in [6.45, 7) is 0.709. The van der Waals surface area contributed by atoms with Crippen molar-refractivity contribution < 1.29 is 28.7 Å². The maximum atomic E-state index is 13.2. The summed E-state index contributed by atoms with van der Waals surface area (Å²) in [7, 11) is 0. The van der Waals surface area contributed by atoms with E-state index in [0.29, 0.717) is 4.91 Å². The molecule has 2 aliphatic heterocycles. The second-order valence-electron chi connectivity index (χ2n) is 7.97. The number of amides is 2. The fraction of sp³-hybridized carbons (Fsp3) is 0.364. The Morgan fingerprint density at radius 3 is 2.90 bits per heavy atom. The zero-order valence-corrected chi connectivity index (χ0v) is 24.7. The number of anilines is 1. The van der Waals surface area contributed by atoms with Crippen molar-refractivity contribution in [3.05, 3.63) is 44.7 Å². The Kier molecular flexibility index (Phi) is 10.2. The number of halogens is 2. The summed E-state index contributed by atoms with van der Waals surface area (Å²) in [4.78, 5) is 53.9. The predicted molar refractivity (Wildman–Crippen MR) is 155 cm³/mol. The van der Waals surface area contributed by atoms with E-state index in [9.17, 15) is 23.9 Å². The third kappa shape index (κ3) is 6.33. The number of aliphatic carboxylic acids is 1. The summed E-state index contributed by atoms with van der Waals surface area (Å²) < 4.78 is 12.6. The number of nitrogen functional groups attached to an aromatic ring is 1. The molecule has 2 amide bonds. The Labute approximate surface area is 249 Å². The van der Waals surface area contributed by atoms with Gasteiger partial charge in [-0.15, -0.1) is 23.5 Å². The second-order valence-corrected chi connectivity index (χ2v) is 13.3. The molecule has 1 saturated heterocycles. The normalized spacial score (nSPS) is 19.6. The van der Waals surface area contributed by atoms with Crippen molar-refractivity contribution >= 4 is 86.9 Å². The van der Waals surface area contributed by atoms with Crippen LogP contribution in [0.1, 0.15) is 23.6 Å². The average molecular weight is 648 g/mol. The number of thiazole rings is 1. The topological polar surface area (TPSA) is 186 Å². The van der Waals surface area contributed by atoms with Gasteiger partial charge in [-0.05, 0) is 11.8 Å². The van der Waals surface area contributed by atoms with Gasteiger partial charge in [0.05, 0.1) is 5.37 Å². The van der Waals surface area contributed by atoms with Crippen LogP contribution in [0.3, 0.4) is 0 Å². The summed E-state index contributed by atoms with van der Waals surface area (Å²) in [5.74, 6) is -1.72. The molecule has 0 aliphatic carbocycles. The number of aromatic nitrogens is 2. The number of pyridine rings is 1. The molecule has 4 heterocycles. The fourth-order valence-corrected chi connectivity index (χ4v) is 8.12. The van der Waals surface area contributed by atoms with Gasteiger partial charge in [-0.3, -0.25) is 19.5 Å². The molecule has 0 saturated carbocycles. The number of carbonyl (C=O) groups excluding carboxylic acids is 2. The number of nitrogens with zero attached hydrogens (tertiary/aromatic N) is 4. The Morgan fingerprint density at radius 1 is 1.48 bits per heavy atom. The zero-order chi connectivity index (χ0) is 29.0. The number of hydrogen-bond acceptors (Lipinski definition) is 13. The van der Waals surface area contributed by atoms with E-state index in [1.807, 2.05) is 6.92 Å². The molecule has 2 aliphatic rings. The van der Waals surface area contributed by atoms with Crippen LogP contribution in [0, 0.1) is 0 Å². The minimum Gasteiger partial charge on any atom is -0.477 e. The molecule has 214 valence electrons. The van der Waals surface area contributed by atoms with Crippen molar-refractivity contribution in [2.45, 2.75) is 28.6 Å². The van der Waals surface area contributed by atoms with Gasteiger partial charge in [0, 0.05) is 33.5 Å². The number of alkyl halides is 1. The minimum absolute atomic E-state index is 0.0501. The lowest BCUT2D eigenvalue weighted by atomic mass is 10.0. The molecule has 3 atom stereocenters. The van der Waals surface area contributed by atoms with Crippen molar-refractivity contribution in [1.29, 1.82) is 0 Å². The summed E-state index contributed by atoms with van der Waals surface area (Å²) in [5, 5.41) is 15.3. The number of carboxylic acid groups (broad SMARTS) is 1. The van der Waals surface area contributed by atoms with E-state index < -0.39 is 48.2 Å². The van der Waals surface area contributed by atoms with Crippen molar-refractivity contribution in [2.75, 3.05) is 30.5 Å². The highest BCUT2D eigenvalue weighted by atomic mass is 35.5. The van der Waals surface area contributed by atoms with Crippen LogP contribution in [0.15, 0.2) is 39.1 Å². The molecule has 0 bridgehead atoms. The van der Waals surface area contributed by atoms with Crippen molar-refractivity contribution in [2.24, 2.45) is 10.9 Å². The first kappa shape index (κ1) is 30.4. The van der Waals surface area contributed by atoms with Crippen LogP contribution in [0.5, 0.6) is 0 Å². The highest BCUT2D eigenvalue weighted by Gasteiger charge is 2.54. The maximum absolute atomic E-state index is 13.2. The monoisotopic (exact) mass is 647 g/mol. The molecule has 1 fully saturated rings. The third-order valence-electron chi connectivity index (χ3n) is 5.48. The standard InChI is InChI=1S/C22H23ClFN7O5S4/c1-2-37-17(25)9-7-27-5-3-10(9)39-11-8-38-20-14(19(33)31(20)15(11)21(34)35)28-18(32)13(30-36-6-4-24)12-16(23)40-22(26)29-12/h3,5,7,14,17,20H,2,4,6,8,25H2,1H3,(H2,26,29)(H,28,32)(H,34,35)/b30-13-/t14-,17?,20+/m1/s1. The van der Waals surface area contributed by atoms with E-state index in [4.69, 9.17) is 27.9 Å². The number of nitrogens with one attached hydrogen (secondary N) is 1. The second kappa shape index (κ2) is 13.4. The van der Waals surface area contributed by atoms with Crippen molar-refractivity contribution in [3.8, 4) is 0 Å².